The first-order valence-electron chi connectivity index (χ1n) is 28.0. The van der Waals surface area contributed by atoms with Crippen LogP contribution in [0, 0.1) is 23.7 Å². The number of aromatic hydroxyl groups is 2. The number of carboxylic acid groups (broad SMARTS) is 1. The molecule has 454 valence electrons. The summed E-state index contributed by atoms with van der Waals surface area (Å²) in [5.74, 6) is -10.4. The van der Waals surface area contributed by atoms with Crippen molar-refractivity contribution in [2.24, 2.45) is 40.9 Å². The number of nitrogens with one attached hydrogen (secondary N) is 7. The number of phenolic OH excluding ortho intramolecular Hbond substituents is 2. The quantitative estimate of drug-likeness (QED) is 0.0451. The maximum Gasteiger partial charge on any atom is 0.326 e. The lowest BCUT2D eigenvalue weighted by Gasteiger charge is -2.32. The van der Waals surface area contributed by atoms with Gasteiger partial charge < -0.3 is 74.6 Å². The van der Waals surface area contributed by atoms with Crippen LogP contribution in [-0.2, 0) is 65.6 Å². The van der Waals surface area contributed by atoms with E-state index in [0.717, 1.165) is 0 Å². The van der Waals surface area contributed by atoms with Crippen LogP contribution < -0.4 is 54.4 Å². The fourth-order valence-corrected chi connectivity index (χ4v) is 9.34. The lowest BCUT2D eigenvalue weighted by molar-refractivity contribution is -0.143. The molecular weight excluding hydrogens is 1060 g/mol. The Morgan fingerprint density at radius 1 is 0.537 bits per heavy atom. The van der Waals surface area contributed by atoms with Gasteiger partial charge in [-0.2, -0.15) is 0 Å². The SMILES string of the molecule is CC[C@H](C)[C@H](NC(=O)[C@@H]1CCCN1C(=O)[C@H](CCC(N)=O)NC(=O)[C@H](CCC(N)=O)NC(=O)[C@H](CC(C)C)NC(=O)[C@H](CC(C)C)NC(=O)[C@@H](N)Cc1ccc(O)cc1)C(=O)N[C@@H](Cc1ccc(O)cc1)C(=O)N[C@@H](CC(C)C)C(=O)O. The summed E-state index contributed by atoms with van der Waals surface area (Å²) in [5.41, 5.74) is 18.4. The standard InChI is InChI=1S/C57H87N11O14/c1-9-33(8)48(55(79)65-43(29-35-14-18-37(70)19-15-35)53(77)66-44(57(81)82)27-32(6)7)67-54(78)45-11-10-24-68(45)56(80)40(21-23-47(60)72)62-50(74)39(20-22-46(59)71)61-51(75)42(26-31(4)5)64-52(76)41(25-30(2)3)63-49(73)38(58)28-34-12-16-36(69)17-13-34/h12-19,30-33,38-45,48,69-70H,9-11,20-29,58H2,1-8H3,(H2,59,71)(H2,60,72)(H,61,75)(H,62,74)(H,63,73)(H,64,76)(H,65,79)(H,66,77)(H,67,78)(H,81,82)/t33-,38-,39-,40-,41-,42-,43-,44-,45-,48-/m0/s1. The Balaban J connectivity index is 1.88. The van der Waals surface area contributed by atoms with Crippen molar-refractivity contribution in [3.05, 3.63) is 59.7 Å². The number of carbonyl (C=O) groups excluding carboxylic acids is 10. The number of nitrogens with zero attached hydrogens (tertiary/aromatic N) is 1. The number of primary amides is 2. The van der Waals surface area contributed by atoms with Crippen LogP contribution >= 0.6 is 0 Å². The molecule has 25 nitrogen and oxygen atoms in total. The van der Waals surface area contributed by atoms with E-state index in [-0.39, 0.29) is 87.2 Å². The second-order valence-corrected chi connectivity index (χ2v) is 22.5. The molecule has 0 unspecified atom stereocenters. The largest absolute Gasteiger partial charge is 0.508 e. The van der Waals surface area contributed by atoms with Crippen LogP contribution in [-0.4, -0.2) is 146 Å². The van der Waals surface area contributed by atoms with Crippen molar-refractivity contribution in [1.82, 2.24) is 42.1 Å². The molecular formula is C57H87N11O14. The average molecular weight is 1150 g/mol. The van der Waals surface area contributed by atoms with Crippen molar-refractivity contribution in [3.8, 4) is 11.5 Å². The minimum atomic E-state index is -1.56. The summed E-state index contributed by atoms with van der Waals surface area (Å²) in [6, 6.07) is 0.184. The lowest BCUT2D eigenvalue weighted by atomic mass is 9.96. The van der Waals surface area contributed by atoms with E-state index < -0.39 is 138 Å². The van der Waals surface area contributed by atoms with Crippen LogP contribution in [0.4, 0.5) is 0 Å². The number of likely N-dealkylation sites (tertiary alicyclic amines) is 1. The van der Waals surface area contributed by atoms with Gasteiger partial charge in [0.05, 0.1) is 6.04 Å². The van der Waals surface area contributed by atoms with Crippen LogP contribution in [0.15, 0.2) is 48.5 Å². The van der Waals surface area contributed by atoms with Gasteiger partial charge in [-0.1, -0.05) is 86.1 Å². The number of phenols is 2. The average Bonchev–Trinajstić information content (AvgIpc) is 3.96. The molecule has 10 amide bonds. The maximum absolute atomic E-state index is 14.6. The number of hydrogen-bond acceptors (Lipinski definition) is 14. The highest BCUT2D eigenvalue weighted by atomic mass is 16.4. The summed E-state index contributed by atoms with van der Waals surface area (Å²) < 4.78 is 0. The number of benzene rings is 2. The monoisotopic (exact) mass is 1150 g/mol. The number of rotatable bonds is 34. The smallest absolute Gasteiger partial charge is 0.326 e. The summed E-state index contributed by atoms with van der Waals surface area (Å²) in [4.78, 5) is 151. The van der Waals surface area contributed by atoms with Gasteiger partial charge in [-0.3, -0.25) is 47.9 Å². The Morgan fingerprint density at radius 3 is 1.41 bits per heavy atom. The molecule has 1 aliphatic heterocycles. The van der Waals surface area contributed by atoms with Crippen molar-refractivity contribution >= 4 is 65.0 Å². The number of carbonyl (C=O) groups is 11. The van der Waals surface area contributed by atoms with E-state index in [1.165, 1.54) is 41.3 Å². The van der Waals surface area contributed by atoms with Gasteiger partial charge in [0.15, 0.2) is 0 Å². The summed E-state index contributed by atoms with van der Waals surface area (Å²) in [6.45, 7) is 14.2. The topological polar surface area (TPSA) is 414 Å². The molecule has 2 aromatic rings. The fourth-order valence-electron chi connectivity index (χ4n) is 9.34. The van der Waals surface area contributed by atoms with Crippen molar-refractivity contribution in [1.29, 1.82) is 0 Å². The molecule has 1 heterocycles. The Labute approximate surface area is 479 Å². The van der Waals surface area contributed by atoms with Gasteiger partial charge in [-0.15, -0.1) is 0 Å². The van der Waals surface area contributed by atoms with Crippen LogP contribution in [0.5, 0.6) is 11.5 Å². The van der Waals surface area contributed by atoms with Crippen molar-refractivity contribution < 1.29 is 68.1 Å². The van der Waals surface area contributed by atoms with Crippen LogP contribution in [0.1, 0.15) is 131 Å². The maximum atomic E-state index is 14.6. The molecule has 0 radical (unpaired) electrons. The molecule has 25 heteroatoms. The lowest BCUT2D eigenvalue weighted by Crippen LogP contribution is -2.61. The van der Waals surface area contributed by atoms with E-state index in [9.17, 15) is 68.1 Å². The first kappa shape index (κ1) is 68.4. The van der Waals surface area contributed by atoms with E-state index in [4.69, 9.17) is 17.2 Å². The Morgan fingerprint density at radius 2 is 0.939 bits per heavy atom. The minimum absolute atomic E-state index is 0.00289. The van der Waals surface area contributed by atoms with Crippen LogP contribution in [0.25, 0.3) is 0 Å². The third-order valence-electron chi connectivity index (χ3n) is 14.0. The molecule has 1 saturated heterocycles. The molecule has 10 atom stereocenters. The number of hydrogen-bond donors (Lipinski definition) is 13. The summed E-state index contributed by atoms with van der Waals surface area (Å²) >= 11 is 0. The molecule has 0 spiro atoms. The van der Waals surface area contributed by atoms with Gasteiger partial charge in [-0.25, -0.2) is 4.79 Å². The Kier molecular flexibility index (Phi) is 27.7. The highest BCUT2D eigenvalue weighted by Crippen LogP contribution is 2.22. The van der Waals surface area contributed by atoms with Crippen molar-refractivity contribution in [3.63, 3.8) is 0 Å². The Hall–Kier alpha value is -7.83. The van der Waals surface area contributed by atoms with Gasteiger partial charge >= 0.3 is 5.97 Å². The second kappa shape index (κ2) is 33.2. The molecule has 3 rings (SSSR count). The molecule has 0 bridgehead atoms. The number of carboxylic acids is 1. The Bertz CT molecular complexity index is 2530. The summed E-state index contributed by atoms with van der Waals surface area (Å²) in [7, 11) is 0. The van der Waals surface area contributed by atoms with Gasteiger partial charge in [0.2, 0.25) is 59.1 Å². The molecule has 0 aromatic heterocycles. The van der Waals surface area contributed by atoms with Gasteiger partial charge in [0, 0.05) is 25.8 Å². The van der Waals surface area contributed by atoms with Crippen molar-refractivity contribution in [2.75, 3.05) is 6.54 Å². The van der Waals surface area contributed by atoms with E-state index in [1.807, 2.05) is 13.8 Å². The van der Waals surface area contributed by atoms with E-state index in [1.54, 1.807) is 53.7 Å². The second-order valence-electron chi connectivity index (χ2n) is 22.5. The highest BCUT2D eigenvalue weighted by molar-refractivity contribution is 5.98. The van der Waals surface area contributed by atoms with Gasteiger partial charge in [-0.05, 0) is 110 Å². The van der Waals surface area contributed by atoms with Crippen LogP contribution in [0.2, 0.25) is 0 Å². The predicted octanol–water partition coefficient (Wildman–Crippen LogP) is 0.395. The number of aliphatic carboxylic acids is 1. The molecule has 1 fully saturated rings. The molecule has 2 aromatic carbocycles. The normalized spacial score (nSPS) is 16.5. The van der Waals surface area contributed by atoms with Gasteiger partial charge in [0.1, 0.15) is 59.8 Å². The van der Waals surface area contributed by atoms with E-state index in [2.05, 4.69) is 37.2 Å². The van der Waals surface area contributed by atoms with E-state index >= 15 is 0 Å². The van der Waals surface area contributed by atoms with Crippen molar-refractivity contribution in [2.45, 2.75) is 187 Å². The molecule has 0 aliphatic carbocycles. The van der Waals surface area contributed by atoms with Crippen LogP contribution in [0.3, 0.4) is 0 Å². The van der Waals surface area contributed by atoms with Gasteiger partial charge in [0.25, 0.3) is 0 Å². The number of amides is 10. The summed E-state index contributed by atoms with van der Waals surface area (Å²) in [5, 5.41) is 47.9. The molecule has 1 aliphatic rings. The fraction of sp³-hybridized carbons (Fsp3) is 0.596. The zero-order chi connectivity index (χ0) is 61.5. The minimum Gasteiger partial charge on any atom is -0.508 e. The van der Waals surface area contributed by atoms with E-state index in [0.29, 0.717) is 24.0 Å². The molecule has 0 saturated carbocycles. The summed E-state index contributed by atoms with van der Waals surface area (Å²) in [6.07, 6.45) is -0.572. The zero-order valence-corrected chi connectivity index (χ0v) is 48.3. The predicted molar refractivity (Wildman–Crippen MR) is 302 cm³/mol. The number of nitrogens with two attached hydrogens (primary N) is 3. The third kappa shape index (κ3) is 23.0. The zero-order valence-electron chi connectivity index (χ0n) is 48.3. The first-order valence-corrected chi connectivity index (χ1v) is 28.0. The third-order valence-corrected chi connectivity index (χ3v) is 14.0. The molecule has 16 N–H and O–H groups in total. The highest BCUT2D eigenvalue weighted by Gasteiger charge is 2.41. The molecule has 82 heavy (non-hydrogen) atoms. The first-order chi connectivity index (χ1) is 38.5.